The van der Waals surface area contributed by atoms with Crippen LogP contribution in [-0.4, -0.2) is 33.0 Å². The number of unbranched alkanes of at least 4 members (excludes halogenated alkanes) is 1. The van der Waals surface area contributed by atoms with Crippen LogP contribution in [0.4, 0.5) is 0 Å². The van der Waals surface area contributed by atoms with Crippen molar-refractivity contribution in [3.63, 3.8) is 0 Å². The van der Waals surface area contributed by atoms with Crippen molar-refractivity contribution in [3.8, 4) is 5.69 Å². The minimum absolute atomic E-state index is 0.101. The number of nitrogens with zero attached hydrogens (tertiary/aromatic N) is 3. The summed E-state index contributed by atoms with van der Waals surface area (Å²) in [5, 5.41) is 10.6. The molecule has 0 aliphatic rings. The molecule has 3 rings (SSSR count). The number of nitrogens with one attached hydrogen (secondary N) is 1. The van der Waals surface area contributed by atoms with Gasteiger partial charge in [0.15, 0.2) is 5.16 Å². The second kappa shape index (κ2) is 12.1. The normalized spacial score (nSPS) is 10.9. The van der Waals surface area contributed by atoms with Gasteiger partial charge in [-0.2, -0.15) is 0 Å². The van der Waals surface area contributed by atoms with Crippen LogP contribution < -0.4 is 5.48 Å². The van der Waals surface area contributed by atoms with Crippen molar-refractivity contribution in [1.29, 1.82) is 0 Å². The zero-order valence-corrected chi connectivity index (χ0v) is 19.5. The molecule has 0 fully saturated rings. The number of carbonyl (C=O) groups excluding carboxylic acids is 1. The molecule has 0 bridgehead atoms. The minimum Gasteiger partial charge on any atom is -0.274 e. The first-order valence-electron chi connectivity index (χ1n) is 10.1. The second-order valence-electron chi connectivity index (χ2n) is 6.76. The molecule has 0 unspecified atom stereocenters. The Morgan fingerprint density at radius 3 is 2.65 bits per heavy atom. The largest absolute Gasteiger partial charge is 0.274 e. The number of aromatic nitrogens is 3. The molecule has 0 saturated heterocycles. The van der Waals surface area contributed by atoms with Crippen molar-refractivity contribution in [2.24, 2.45) is 0 Å². The van der Waals surface area contributed by atoms with Gasteiger partial charge < -0.3 is 0 Å². The van der Waals surface area contributed by atoms with E-state index in [1.807, 2.05) is 41.8 Å². The van der Waals surface area contributed by atoms with Gasteiger partial charge in [0.2, 0.25) is 5.91 Å². The molecule has 164 valence electrons. The third-order valence-electron chi connectivity index (χ3n) is 4.43. The number of benzene rings is 2. The van der Waals surface area contributed by atoms with E-state index in [4.69, 9.17) is 28.0 Å². The van der Waals surface area contributed by atoms with Gasteiger partial charge in [0.25, 0.3) is 0 Å². The third kappa shape index (κ3) is 6.97. The highest BCUT2D eigenvalue weighted by Gasteiger charge is 2.16. The number of rotatable bonds is 11. The van der Waals surface area contributed by atoms with Gasteiger partial charge >= 0.3 is 0 Å². The molecule has 0 aliphatic carbocycles. The van der Waals surface area contributed by atoms with E-state index in [0.717, 1.165) is 40.8 Å². The molecule has 31 heavy (non-hydrogen) atoms. The highest BCUT2D eigenvalue weighted by atomic mass is 35.5. The van der Waals surface area contributed by atoms with Gasteiger partial charge in [0.05, 0.1) is 22.3 Å². The number of hydrogen-bond acceptors (Lipinski definition) is 5. The van der Waals surface area contributed by atoms with E-state index >= 15 is 0 Å². The zero-order chi connectivity index (χ0) is 22.1. The van der Waals surface area contributed by atoms with Crippen molar-refractivity contribution in [2.45, 2.75) is 37.8 Å². The lowest BCUT2D eigenvalue weighted by atomic mass is 10.1. The summed E-state index contributed by atoms with van der Waals surface area (Å²) in [5.41, 5.74) is 4.42. The summed E-state index contributed by atoms with van der Waals surface area (Å²) in [5.74, 6) is 1.53. The Kier molecular flexibility index (Phi) is 9.21. The molecule has 3 aromatic rings. The number of carbonyl (C=O) groups is 1. The van der Waals surface area contributed by atoms with Gasteiger partial charge in [-0.3, -0.25) is 14.2 Å². The van der Waals surface area contributed by atoms with Crippen LogP contribution in [0.25, 0.3) is 5.69 Å². The fraction of sp³-hybridized carbons (Fsp3) is 0.318. The Labute approximate surface area is 196 Å². The van der Waals surface area contributed by atoms with Crippen molar-refractivity contribution in [3.05, 3.63) is 70.0 Å². The number of hydroxylamine groups is 1. The van der Waals surface area contributed by atoms with Crippen LogP contribution in [-0.2, 0) is 16.1 Å². The molecule has 1 heterocycles. The lowest BCUT2D eigenvalue weighted by Gasteiger charge is -2.11. The second-order valence-corrected chi connectivity index (χ2v) is 8.64. The molecule has 0 spiro atoms. The average molecular weight is 479 g/mol. The maximum absolute atomic E-state index is 11.6. The monoisotopic (exact) mass is 478 g/mol. The standard InChI is InChI=1S/C22H24Cl2N4O2S/c1-2-30-27-21(29)10-6-7-13-31-22-26-25-20(14-16-8-4-3-5-9-16)28(22)17-11-12-18(23)19(24)15-17/h3-5,8-9,11-12,15H,2,6-7,10,13-14H2,1H3,(H,27,29). The first-order chi connectivity index (χ1) is 15.1. The summed E-state index contributed by atoms with van der Waals surface area (Å²) >= 11 is 14.0. The molecule has 1 N–H and O–H groups in total. The van der Waals surface area contributed by atoms with Gasteiger partial charge in [-0.05, 0) is 43.5 Å². The molecule has 2 aromatic carbocycles. The van der Waals surface area contributed by atoms with E-state index in [9.17, 15) is 4.79 Å². The molecular formula is C22H24Cl2N4O2S. The third-order valence-corrected chi connectivity index (χ3v) is 6.18. The first kappa shape index (κ1) is 23.6. The molecule has 9 heteroatoms. The van der Waals surface area contributed by atoms with E-state index in [0.29, 0.717) is 29.5 Å². The van der Waals surface area contributed by atoms with Gasteiger partial charge in [-0.15, -0.1) is 10.2 Å². The molecule has 0 radical (unpaired) electrons. The van der Waals surface area contributed by atoms with Crippen LogP contribution in [0, 0.1) is 0 Å². The number of thioether (sulfide) groups is 1. The van der Waals surface area contributed by atoms with E-state index in [1.165, 1.54) is 0 Å². The van der Waals surface area contributed by atoms with Crippen molar-refractivity contribution >= 4 is 40.9 Å². The average Bonchev–Trinajstić information content (AvgIpc) is 3.17. The Balaban J connectivity index is 1.70. The smallest absolute Gasteiger partial charge is 0.243 e. The van der Waals surface area contributed by atoms with E-state index in [2.05, 4.69) is 27.8 Å². The van der Waals surface area contributed by atoms with E-state index in [1.54, 1.807) is 17.8 Å². The van der Waals surface area contributed by atoms with Crippen LogP contribution in [0.3, 0.4) is 0 Å². The van der Waals surface area contributed by atoms with Crippen molar-refractivity contribution < 1.29 is 9.63 Å². The Morgan fingerprint density at radius 1 is 1.10 bits per heavy atom. The molecular weight excluding hydrogens is 455 g/mol. The maximum atomic E-state index is 11.6. The summed E-state index contributed by atoms with van der Waals surface area (Å²) in [4.78, 5) is 16.5. The minimum atomic E-state index is -0.101. The van der Waals surface area contributed by atoms with Gasteiger partial charge in [0, 0.05) is 18.6 Å². The van der Waals surface area contributed by atoms with E-state index < -0.39 is 0 Å². The fourth-order valence-electron chi connectivity index (χ4n) is 2.92. The Bertz CT molecular complexity index is 998. The first-order valence-corrected chi connectivity index (χ1v) is 11.8. The molecule has 0 atom stereocenters. The maximum Gasteiger partial charge on any atom is 0.243 e. The van der Waals surface area contributed by atoms with Gasteiger partial charge in [-0.25, -0.2) is 5.48 Å². The fourth-order valence-corrected chi connectivity index (χ4v) is 4.19. The Morgan fingerprint density at radius 2 is 1.90 bits per heavy atom. The molecule has 6 nitrogen and oxygen atoms in total. The van der Waals surface area contributed by atoms with Crippen LogP contribution in [0.2, 0.25) is 10.0 Å². The molecule has 1 amide bonds. The number of halogens is 2. The molecule has 0 aliphatic heterocycles. The summed E-state index contributed by atoms with van der Waals surface area (Å²) in [6.45, 7) is 2.28. The predicted octanol–water partition coefficient (Wildman–Crippen LogP) is 5.50. The number of amides is 1. The quantitative estimate of drug-likeness (QED) is 0.224. The summed E-state index contributed by atoms with van der Waals surface area (Å²) in [6.07, 6.45) is 2.71. The SMILES string of the molecule is CCONC(=O)CCCCSc1nnc(Cc2ccccc2)n1-c1ccc(Cl)c(Cl)c1. The highest BCUT2D eigenvalue weighted by Crippen LogP contribution is 2.29. The van der Waals surface area contributed by atoms with Crippen LogP contribution in [0.15, 0.2) is 53.7 Å². The predicted molar refractivity (Wildman–Crippen MR) is 125 cm³/mol. The van der Waals surface area contributed by atoms with Crippen molar-refractivity contribution in [2.75, 3.05) is 12.4 Å². The summed E-state index contributed by atoms with van der Waals surface area (Å²) in [7, 11) is 0. The molecule has 1 aromatic heterocycles. The van der Waals surface area contributed by atoms with Crippen LogP contribution >= 0.6 is 35.0 Å². The lowest BCUT2D eigenvalue weighted by Crippen LogP contribution is -2.23. The number of hydrogen-bond donors (Lipinski definition) is 1. The zero-order valence-electron chi connectivity index (χ0n) is 17.2. The van der Waals surface area contributed by atoms with Gasteiger partial charge in [0.1, 0.15) is 5.82 Å². The lowest BCUT2D eigenvalue weighted by molar-refractivity contribution is -0.133. The Hall–Kier alpha value is -2.06. The summed E-state index contributed by atoms with van der Waals surface area (Å²) in [6, 6.07) is 15.6. The van der Waals surface area contributed by atoms with Gasteiger partial charge in [-0.1, -0.05) is 65.3 Å². The van der Waals surface area contributed by atoms with Crippen molar-refractivity contribution in [1.82, 2.24) is 20.2 Å². The van der Waals surface area contributed by atoms with Crippen LogP contribution in [0.5, 0.6) is 0 Å². The van der Waals surface area contributed by atoms with Crippen LogP contribution in [0.1, 0.15) is 37.6 Å². The van der Waals surface area contributed by atoms with E-state index in [-0.39, 0.29) is 5.91 Å². The summed E-state index contributed by atoms with van der Waals surface area (Å²) < 4.78 is 2.02. The topological polar surface area (TPSA) is 69.0 Å². The molecule has 0 saturated carbocycles. The highest BCUT2D eigenvalue weighted by molar-refractivity contribution is 7.99.